The molecule has 0 aromatic heterocycles. The van der Waals surface area contributed by atoms with E-state index in [2.05, 4.69) is 10.1 Å². The SMILES string of the molecule is COC(=O)c1cccc(NC(=O)CCN2C(=O)[C@H]3CC=CC[C@H]3C2=O)c1. The molecular weight excluding hydrogens is 336 g/mol. The molecule has 1 aliphatic carbocycles. The number of carbonyl (C=O) groups is 4. The van der Waals surface area contributed by atoms with Gasteiger partial charge in [0.25, 0.3) is 0 Å². The minimum atomic E-state index is -0.495. The second kappa shape index (κ2) is 7.51. The summed E-state index contributed by atoms with van der Waals surface area (Å²) in [5.74, 6) is -1.78. The number of anilines is 1. The number of carbonyl (C=O) groups excluding carboxylic acids is 4. The monoisotopic (exact) mass is 356 g/mol. The van der Waals surface area contributed by atoms with E-state index < -0.39 is 5.97 Å². The van der Waals surface area contributed by atoms with E-state index >= 15 is 0 Å². The Bertz CT molecular complexity index is 760. The minimum absolute atomic E-state index is 0.00675. The molecule has 1 heterocycles. The summed E-state index contributed by atoms with van der Waals surface area (Å²) in [6.07, 6.45) is 5.02. The first-order valence-electron chi connectivity index (χ1n) is 8.49. The van der Waals surface area contributed by atoms with Gasteiger partial charge < -0.3 is 10.1 Å². The van der Waals surface area contributed by atoms with Gasteiger partial charge in [0.2, 0.25) is 17.7 Å². The number of rotatable bonds is 5. The zero-order chi connectivity index (χ0) is 18.7. The fourth-order valence-corrected chi connectivity index (χ4v) is 3.37. The van der Waals surface area contributed by atoms with Crippen molar-refractivity contribution in [1.29, 1.82) is 0 Å². The predicted octanol–water partition coefficient (Wildman–Crippen LogP) is 1.75. The molecule has 0 bridgehead atoms. The van der Waals surface area contributed by atoms with Gasteiger partial charge in [-0.3, -0.25) is 19.3 Å². The molecule has 1 aromatic rings. The number of methoxy groups -OCH3 is 1. The van der Waals surface area contributed by atoms with Crippen molar-refractivity contribution in [3.05, 3.63) is 42.0 Å². The molecule has 1 saturated heterocycles. The van der Waals surface area contributed by atoms with Gasteiger partial charge in [-0.25, -0.2) is 4.79 Å². The van der Waals surface area contributed by atoms with Gasteiger partial charge in [0.15, 0.2) is 0 Å². The number of allylic oxidation sites excluding steroid dienone is 2. The Morgan fingerprint density at radius 3 is 2.42 bits per heavy atom. The molecular formula is C19H20N2O5. The predicted molar refractivity (Wildman–Crippen MR) is 93.1 cm³/mol. The molecule has 0 radical (unpaired) electrons. The number of fused-ring (bicyclic) bond motifs is 1. The van der Waals surface area contributed by atoms with Gasteiger partial charge in [-0.2, -0.15) is 0 Å². The largest absolute Gasteiger partial charge is 0.465 e. The number of hydrogen-bond acceptors (Lipinski definition) is 5. The van der Waals surface area contributed by atoms with Crippen molar-refractivity contribution in [1.82, 2.24) is 4.90 Å². The lowest BCUT2D eigenvalue weighted by Crippen LogP contribution is -2.34. The fourth-order valence-electron chi connectivity index (χ4n) is 3.37. The number of hydrogen-bond donors (Lipinski definition) is 1. The highest BCUT2D eigenvalue weighted by atomic mass is 16.5. The van der Waals surface area contributed by atoms with E-state index in [9.17, 15) is 19.2 Å². The number of esters is 1. The number of ether oxygens (including phenoxy) is 1. The quantitative estimate of drug-likeness (QED) is 0.493. The second-order valence-corrected chi connectivity index (χ2v) is 6.35. The molecule has 1 aliphatic heterocycles. The first-order chi connectivity index (χ1) is 12.5. The number of nitrogens with zero attached hydrogens (tertiary/aromatic N) is 1. The summed E-state index contributed by atoms with van der Waals surface area (Å²) < 4.78 is 4.64. The Morgan fingerprint density at radius 1 is 1.15 bits per heavy atom. The van der Waals surface area contributed by atoms with Crippen LogP contribution >= 0.6 is 0 Å². The van der Waals surface area contributed by atoms with Gasteiger partial charge in [0.1, 0.15) is 0 Å². The van der Waals surface area contributed by atoms with Crippen molar-refractivity contribution in [3.8, 4) is 0 Å². The Kier molecular flexibility index (Phi) is 5.16. The molecule has 3 amide bonds. The maximum absolute atomic E-state index is 12.4. The van der Waals surface area contributed by atoms with Crippen LogP contribution in [0.3, 0.4) is 0 Å². The normalized spacial score (nSPS) is 21.5. The Morgan fingerprint density at radius 2 is 1.81 bits per heavy atom. The van der Waals surface area contributed by atoms with Crippen molar-refractivity contribution in [2.24, 2.45) is 11.8 Å². The smallest absolute Gasteiger partial charge is 0.337 e. The molecule has 0 spiro atoms. The molecule has 2 atom stereocenters. The Hall–Kier alpha value is -2.96. The molecule has 3 rings (SSSR count). The highest BCUT2D eigenvalue weighted by molar-refractivity contribution is 6.06. The summed E-state index contributed by atoms with van der Waals surface area (Å²) in [5.41, 5.74) is 0.779. The van der Waals surface area contributed by atoms with E-state index in [1.54, 1.807) is 18.2 Å². The van der Waals surface area contributed by atoms with E-state index in [1.807, 2.05) is 12.2 Å². The summed E-state index contributed by atoms with van der Waals surface area (Å²) in [6, 6.07) is 6.37. The first kappa shape index (κ1) is 17.8. The van der Waals surface area contributed by atoms with Crippen LogP contribution in [-0.4, -0.2) is 42.2 Å². The van der Waals surface area contributed by atoms with Crippen molar-refractivity contribution < 1.29 is 23.9 Å². The lowest BCUT2D eigenvalue weighted by Gasteiger charge is -2.14. The summed E-state index contributed by atoms with van der Waals surface area (Å²) in [6.45, 7) is 0.0627. The molecule has 7 nitrogen and oxygen atoms in total. The Labute approximate surface area is 151 Å². The number of nitrogens with one attached hydrogen (secondary N) is 1. The van der Waals surface area contributed by atoms with Crippen molar-refractivity contribution in [2.45, 2.75) is 19.3 Å². The van der Waals surface area contributed by atoms with Crippen LogP contribution in [0.2, 0.25) is 0 Å². The molecule has 7 heteroatoms. The first-order valence-corrected chi connectivity index (χ1v) is 8.49. The third kappa shape index (κ3) is 3.51. The van der Waals surface area contributed by atoms with Gasteiger partial charge >= 0.3 is 5.97 Å². The van der Waals surface area contributed by atoms with Crippen molar-refractivity contribution in [2.75, 3.05) is 19.0 Å². The van der Waals surface area contributed by atoms with Crippen LogP contribution in [0.15, 0.2) is 36.4 Å². The van der Waals surface area contributed by atoms with E-state index in [0.29, 0.717) is 24.1 Å². The fraction of sp³-hybridized carbons (Fsp3) is 0.368. The number of imide groups is 1. The van der Waals surface area contributed by atoms with Crippen molar-refractivity contribution >= 4 is 29.4 Å². The molecule has 1 fully saturated rings. The number of likely N-dealkylation sites (tertiary alicyclic amines) is 1. The molecule has 1 N–H and O–H groups in total. The van der Waals surface area contributed by atoms with Crippen LogP contribution in [0.1, 0.15) is 29.6 Å². The summed E-state index contributed by atoms with van der Waals surface area (Å²) in [4.78, 5) is 49.6. The molecule has 0 unspecified atom stereocenters. The van der Waals surface area contributed by atoms with E-state index in [0.717, 1.165) is 0 Å². The average molecular weight is 356 g/mol. The lowest BCUT2D eigenvalue weighted by molar-refractivity contribution is -0.140. The maximum Gasteiger partial charge on any atom is 0.337 e. The van der Waals surface area contributed by atoms with Crippen LogP contribution in [0.25, 0.3) is 0 Å². The third-order valence-corrected chi connectivity index (χ3v) is 4.73. The van der Waals surface area contributed by atoms with Crippen LogP contribution in [0, 0.1) is 11.8 Å². The van der Waals surface area contributed by atoms with Gasteiger partial charge in [-0.15, -0.1) is 0 Å². The van der Waals surface area contributed by atoms with Crippen LogP contribution in [0.5, 0.6) is 0 Å². The highest BCUT2D eigenvalue weighted by Gasteiger charge is 2.46. The maximum atomic E-state index is 12.4. The summed E-state index contributed by atoms with van der Waals surface area (Å²) >= 11 is 0. The van der Waals surface area contributed by atoms with Gasteiger partial charge in [-0.1, -0.05) is 18.2 Å². The molecule has 1 aromatic carbocycles. The summed E-state index contributed by atoms with van der Waals surface area (Å²) in [5, 5.41) is 2.67. The topological polar surface area (TPSA) is 92.8 Å². The van der Waals surface area contributed by atoms with E-state index in [-0.39, 0.29) is 42.5 Å². The molecule has 136 valence electrons. The lowest BCUT2D eigenvalue weighted by atomic mass is 9.85. The minimum Gasteiger partial charge on any atom is -0.465 e. The zero-order valence-corrected chi connectivity index (χ0v) is 14.4. The molecule has 2 aliphatic rings. The standard InChI is InChI=1S/C19H20N2O5/c1-26-19(25)12-5-4-6-13(11-12)20-16(22)9-10-21-17(23)14-7-2-3-8-15(14)18(21)24/h2-6,11,14-15H,7-10H2,1H3,(H,20,22)/t14-,15+. The molecule has 0 saturated carbocycles. The van der Waals surface area contributed by atoms with Gasteiger partial charge in [0, 0.05) is 18.7 Å². The van der Waals surface area contributed by atoms with Crippen molar-refractivity contribution in [3.63, 3.8) is 0 Å². The highest BCUT2D eigenvalue weighted by Crippen LogP contribution is 2.35. The third-order valence-electron chi connectivity index (χ3n) is 4.73. The Balaban J connectivity index is 1.57. The molecule has 26 heavy (non-hydrogen) atoms. The number of amides is 3. The van der Waals surface area contributed by atoms with E-state index in [1.165, 1.54) is 18.1 Å². The van der Waals surface area contributed by atoms with Gasteiger partial charge in [-0.05, 0) is 31.0 Å². The average Bonchev–Trinajstić information content (AvgIpc) is 2.90. The second-order valence-electron chi connectivity index (χ2n) is 6.35. The van der Waals surface area contributed by atoms with Crippen LogP contribution in [0.4, 0.5) is 5.69 Å². The van der Waals surface area contributed by atoms with Gasteiger partial charge in [0.05, 0.1) is 24.5 Å². The van der Waals surface area contributed by atoms with E-state index in [4.69, 9.17) is 0 Å². The summed E-state index contributed by atoms with van der Waals surface area (Å²) in [7, 11) is 1.28. The zero-order valence-electron chi connectivity index (χ0n) is 14.4. The number of benzene rings is 1. The van der Waals surface area contributed by atoms with Crippen LogP contribution in [-0.2, 0) is 19.1 Å². The van der Waals surface area contributed by atoms with Crippen LogP contribution < -0.4 is 5.32 Å².